The van der Waals surface area contributed by atoms with E-state index in [1.165, 1.54) is 43.6 Å². The molecule has 2 unspecified atom stereocenters. The second-order valence-electron chi connectivity index (χ2n) is 5.91. The van der Waals surface area contributed by atoms with Crippen molar-refractivity contribution in [3.05, 3.63) is 28.8 Å². The molecule has 2 aliphatic rings. The van der Waals surface area contributed by atoms with Gasteiger partial charge in [-0.3, -0.25) is 4.90 Å². The molecular formula is C16H23ClN2. The Kier molecular flexibility index (Phi) is 3.72. The monoisotopic (exact) mass is 278 g/mol. The van der Waals surface area contributed by atoms with Crippen molar-refractivity contribution in [2.45, 2.75) is 45.2 Å². The summed E-state index contributed by atoms with van der Waals surface area (Å²) < 4.78 is 0. The van der Waals surface area contributed by atoms with Crippen LogP contribution in [0.2, 0.25) is 5.02 Å². The van der Waals surface area contributed by atoms with Gasteiger partial charge in [0.05, 0.1) is 10.7 Å². The third kappa shape index (κ3) is 2.36. The van der Waals surface area contributed by atoms with E-state index in [-0.39, 0.29) is 0 Å². The normalized spacial score (nSPS) is 27.6. The predicted molar refractivity (Wildman–Crippen MR) is 82.2 cm³/mol. The maximum absolute atomic E-state index is 6.47. The number of hydrogen-bond acceptors (Lipinski definition) is 2. The molecule has 1 aromatic carbocycles. The van der Waals surface area contributed by atoms with Crippen LogP contribution in [0.25, 0.3) is 0 Å². The molecule has 0 aliphatic carbocycles. The van der Waals surface area contributed by atoms with Crippen LogP contribution in [-0.4, -0.2) is 36.6 Å². The first-order valence-corrected chi connectivity index (χ1v) is 7.84. The minimum absolute atomic E-state index is 0.605. The minimum Gasteiger partial charge on any atom is -0.364 e. The maximum Gasteiger partial charge on any atom is 0.0642 e. The molecule has 1 aromatic rings. The average molecular weight is 279 g/mol. The fourth-order valence-electron chi connectivity index (χ4n) is 3.70. The summed E-state index contributed by atoms with van der Waals surface area (Å²) in [7, 11) is 0. The van der Waals surface area contributed by atoms with Gasteiger partial charge in [0.2, 0.25) is 0 Å². The van der Waals surface area contributed by atoms with Gasteiger partial charge in [-0.15, -0.1) is 0 Å². The molecule has 2 aliphatic heterocycles. The van der Waals surface area contributed by atoms with Crippen molar-refractivity contribution in [1.29, 1.82) is 0 Å². The average Bonchev–Trinajstić information content (AvgIpc) is 2.84. The maximum atomic E-state index is 6.47. The summed E-state index contributed by atoms with van der Waals surface area (Å²) in [4.78, 5) is 5.25. The third-order valence-corrected chi connectivity index (χ3v) is 5.04. The Morgan fingerprint density at radius 2 is 2.16 bits per heavy atom. The van der Waals surface area contributed by atoms with Crippen molar-refractivity contribution in [3.8, 4) is 0 Å². The molecule has 2 heterocycles. The van der Waals surface area contributed by atoms with Crippen molar-refractivity contribution in [2.24, 2.45) is 0 Å². The van der Waals surface area contributed by atoms with Crippen molar-refractivity contribution >= 4 is 17.3 Å². The lowest BCUT2D eigenvalue weighted by Gasteiger charge is -2.45. The number of rotatable bonds is 2. The van der Waals surface area contributed by atoms with Crippen LogP contribution in [0.5, 0.6) is 0 Å². The molecular weight excluding hydrogens is 256 g/mol. The predicted octanol–water partition coefficient (Wildman–Crippen LogP) is 3.71. The van der Waals surface area contributed by atoms with E-state index in [0.29, 0.717) is 6.04 Å². The number of halogens is 1. The van der Waals surface area contributed by atoms with Gasteiger partial charge in [0, 0.05) is 25.2 Å². The van der Waals surface area contributed by atoms with E-state index in [1.54, 1.807) is 0 Å². The zero-order valence-corrected chi connectivity index (χ0v) is 12.7. The van der Waals surface area contributed by atoms with E-state index < -0.39 is 0 Å². The Balaban J connectivity index is 1.93. The highest BCUT2D eigenvalue weighted by Crippen LogP contribution is 2.35. The van der Waals surface area contributed by atoms with E-state index in [4.69, 9.17) is 11.6 Å². The van der Waals surface area contributed by atoms with E-state index >= 15 is 0 Å². The SMILES string of the molecule is CCC1CN2CCCC2CN1c1c(C)cccc1Cl. The molecule has 3 heteroatoms. The summed E-state index contributed by atoms with van der Waals surface area (Å²) in [5, 5.41) is 0.907. The number of hydrogen-bond donors (Lipinski definition) is 0. The Morgan fingerprint density at radius 1 is 1.32 bits per heavy atom. The standard InChI is InChI=1S/C16H23ClN2/c1-3-13-10-18-9-5-7-14(18)11-19(13)16-12(2)6-4-8-15(16)17/h4,6,8,13-14H,3,5,7,9-11H2,1-2H3. The summed E-state index contributed by atoms with van der Waals surface area (Å²) in [5.74, 6) is 0. The summed E-state index contributed by atoms with van der Waals surface area (Å²) >= 11 is 6.47. The number of nitrogens with zero attached hydrogens (tertiary/aromatic N) is 2. The highest BCUT2D eigenvalue weighted by Gasteiger charge is 2.36. The zero-order chi connectivity index (χ0) is 13.4. The first-order valence-electron chi connectivity index (χ1n) is 7.46. The fourth-order valence-corrected chi connectivity index (χ4v) is 4.03. The van der Waals surface area contributed by atoms with E-state index in [0.717, 1.165) is 17.6 Å². The Hall–Kier alpha value is -0.730. The van der Waals surface area contributed by atoms with E-state index in [1.807, 2.05) is 12.1 Å². The van der Waals surface area contributed by atoms with Crippen LogP contribution < -0.4 is 4.90 Å². The molecule has 104 valence electrons. The molecule has 2 saturated heterocycles. The Labute approximate surface area is 121 Å². The summed E-state index contributed by atoms with van der Waals surface area (Å²) in [6.07, 6.45) is 3.89. The second kappa shape index (κ2) is 5.34. The molecule has 2 nitrogen and oxygen atoms in total. The summed E-state index contributed by atoms with van der Waals surface area (Å²) in [6.45, 7) is 8.10. The lowest BCUT2D eigenvalue weighted by molar-refractivity contribution is 0.194. The Bertz CT molecular complexity index is 440. The van der Waals surface area contributed by atoms with Gasteiger partial charge in [-0.1, -0.05) is 30.7 Å². The lowest BCUT2D eigenvalue weighted by Crippen LogP contribution is -2.56. The minimum atomic E-state index is 0.605. The van der Waals surface area contributed by atoms with Crippen LogP contribution in [0.15, 0.2) is 18.2 Å². The number of anilines is 1. The molecule has 0 radical (unpaired) electrons. The molecule has 0 bridgehead atoms. The molecule has 0 spiro atoms. The van der Waals surface area contributed by atoms with Crippen LogP contribution in [0.3, 0.4) is 0 Å². The molecule has 19 heavy (non-hydrogen) atoms. The van der Waals surface area contributed by atoms with Gasteiger partial charge in [-0.2, -0.15) is 0 Å². The zero-order valence-electron chi connectivity index (χ0n) is 11.9. The molecule has 2 atom stereocenters. The van der Waals surface area contributed by atoms with Crippen LogP contribution >= 0.6 is 11.6 Å². The number of piperazine rings is 1. The highest BCUT2D eigenvalue weighted by atomic mass is 35.5. The van der Waals surface area contributed by atoms with Crippen molar-refractivity contribution < 1.29 is 0 Å². The van der Waals surface area contributed by atoms with Crippen LogP contribution in [0, 0.1) is 6.92 Å². The molecule has 0 amide bonds. The van der Waals surface area contributed by atoms with Crippen LogP contribution in [-0.2, 0) is 0 Å². The Morgan fingerprint density at radius 3 is 2.89 bits per heavy atom. The first kappa shape index (κ1) is 13.3. The molecule has 2 fully saturated rings. The van der Waals surface area contributed by atoms with Gasteiger partial charge < -0.3 is 4.90 Å². The van der Waals surface area contributed by atoms with E-state index in [9.17, 15) is 0 Å². The smallest absolute Gasteiger partial charge is 0.0642 e. The second-order valence-corrected chi connectivity index (χ2v) is 6.32. The number of benzene rings is 1. The summed E-state index contributed by atoms with van der Waals surface area (Å²) in [5.41, 5.74) is 2.57. The summed E-state index contributed by atoms with van der Waals surface area (Å²) in [6, 6.07) is 7.59. The van der Waals surface area contributed by atoms with Crippen molar-refractivity contribution in [1.82, 2.24) is 4.90 Å². The number of aryl methyl sites for hydroxylation is 1. The van der Waals surface area contributed by atoms with E-state index in [2.05, 4.69) is 29.7 Å². The van der Waals surface area contributed by atoms with Crippen molar-refractivity contribution in [3.63, 3.8) is 0 Å². The van der Waals surface area contributed by atoms with Gasteiger partial charge in [-0.05, 0) is 44.4 Å². The largest absolute Gasteiger partial charge is 0.364 e. The number of fused-ring (bicyclic) bond motifs is 1. The van der Waals surface area contributed by atoms with Crippen LogP contribution in [0.1, 0.15) is 31.7 Å². The van der Waals surface area contributed by atoms with Gasteiger partial charge >= 0.3 is 0 Å². The van der Waals surface area contributed by atoms with Crippen LogP contribution in [0.4, 0.5) is 5.69 Å². The highest BCUT2D eigenvalue weighted by molar-refractivity contribution is 6.33. The lowest BCUT2D eigenvalue weighted by atomic mass is 10.0. The molecule has 0 aromatic heterocycles. The topological polar surface area (TPSA) is 6.48 Å². The van der Waals surface area contributed by atoms with Gasteiger partial charge in [0.15, 0.2) is 0 Å². The van der Waals surface area contributed by atoms with Gasteiger partial charge in [0.25, 0.3) is 0 Å². The fraction of sp³-hybridized carbons (Fsp3) is 0.625. The number of para-hydroxylation sites is 1. The molecule has 0 N–H and O–H groups in total. The van der Waals surface area contributed by atoms with Crippen molar-refractivity contribution in [2.75, 3.05) is 24.5 Å². The third-order valence-electron chi connectivity index (χ3n) is 4.74. The molecule has 0 saturated carbocycles. The molecule has 3 rings (SSSR count). The quantitative estimate of drug-likeness (QED) is 0.814. The first-order chi connectivity index (χ1) is 9.20. The van der Waals surface area contributed by atoms with Gasteiger partial charge in [0.1, 0.15) is 0 Å². The van der Waals surface area contributed by atoms with Gasteiger partial charge in [-0.25, -0.2) is 0 Å².